The smallest absolute Gasteiger partial charge is 0.144 e. The van der Waals surface area contributed by atoms with Crippen molar-refractivity contribution < 1.29 is 13.3 Å². The highest BCUT2D eigenvalue weighted by Crippen LogP contribution is 2.66. The normalized spacial score (nSPS) is 15.1. The lowest BCUT2D eigenvalue weighted by molar-refractivity contribution is 0.399. The van der Waals surface area contributed by atoms with E-state index in [0.717, 1.165) is 98.0 Å². The molecule has 4 heteroatoms. The Hall–Kier alpha value is -11.7. The predicted molar refractivity (Wildman–Crippen MR) is 538 cm³/mol. The van der Waals surface area contributed by atoms with Crippen LogP contribution in [0.1, 0.15) is 279 Å². The fourth-order valence-corrected chi connectivity index (χ4v) is 25.3. The van der Waals surface area contributed by atoms with E-state index < -0.39 is 5.41 Å². The van der Waals surface area contributed by atoms with Crippen LogP contribution in [0.3, 0.4) is 0 Å². The largest absolute Gasteiger partial charge is 0.456 e. The summed E-state index contributed by atoms with van der Waals surface area (Å²) >= 11 is 0. The van der Waals surface area contributed by atoms with Gasteiger partial charge in [-0.25, -0.2) is 0 Å². The summed E-state index contributed by atoms with van der Waals surface area (Å²) in [6, 6.07) is 101. The minimum Gasteiger partial charge on any atom is -0.456 e. The number of anilines is 3. The highest BCUT2D eigenvalue weighted by Gasteiger charge is 2.51. The van der Waals surface area contributed by atoms with Gasteiger partial charge in [0.1, 0.15) is 33.5 Å². The zero-order valence-electron chi connectivity index (χ0n) is 76.5. The van der Waals surface area contributed by atoms with Crippen LogP contribution in [0.4, 0.5) is 17.1 Å². The van der Waals surface area contributed by atoms with Crippen molar-refractivity contribution in [2.75, 3.05) is 4.90 Å². The summed E-state index contributed by atoms with van der Waals surface area (Å²) in [7, 11) is 0. The van der Waals surface area contributed by atoms with Crippen molar-refractivity contribution >= 4 is 82.9 Å². The van der Waals surface area contributed by atoms with E-state index in [0.29, 0.717) is 0 Å². The summed E-state index contributed by atoms with van der Waals surface area (Å²) in [6.07, 6.45) is 29.6. The molecule has 3 heterocycles. The molecule has 22 rings (SSSR count). The number of unbranched alkanes of at least 4 members (excludes halogenated alkanes) is 16. The SMILES string of the molecule is CCCCCCCC1(CCCCCCC)c2ccccc2-c2ccc(-c3ccc4c(c3)C(C)(C)c3cc(-c5ccc(-c6cc7c(c8c6oc6ccccc68)-c6ccc(N(c8ccc9c(c8)C(C)(C)c8c%10c(c%11oc%12ccccc%12c%11c8-9)-c8ccccc8C%10(C)C)c8cccc9oc%10ccccc%10c89)cc6C7(CCCCCCC)CCCCCCC)cc5)ccc3-4)cc21. The molecule has 4 nitrogen and oxygen atoms in total. The zero-order valence-corrected chi connectivity index (χ0v) is 76.5. The van der Waals surface area contributed by atoms with E-state index in [1.807, 2.05) is 0 Å². The summed E-state index contributed by atoms with van der Waals surface area (Å²) in [5.74, 6) is 0. The second-order valence-corrected chi connectivity index (χ2v) is 40.1. The molecule has 5 aliphatic rings. The Labute approximate surface area is 751 Å². The first-order valence-electron chi connectivity index (χ1n) is 48.9. The lowest BCUT2D eigenvalue weighted by atomic mass is 9.70. The van der Waals surface area contributed by atoms with Crippen LogP contribution in [0.2, 0.25) is 0 Å². The number of rotatable bonds is 30. The molecule has 3 aromatic heterocycles. The van der Waals surface area contributed by atoms with Gasteiger partial charge < -0.3 is 18.2 Å². The van der Waals surface area contributed by atoms with E-state index in [1.54, 1.807) is 11.1 Å². The topological polar surface area (TPSA) is 42.7 Å². The first-order valence-corrected chi connectivity index (χ1v) is 48.9. The summed E-state index contributed by atoms with van der Waals surface area (Å²) < 4.78 is 21.5. The van der Waals surface area contributed by atoms with Crippen molar-refractivity contribution in [3.05, 3.63) is 316 Å². The molecule has 0 aliphatic heterocycles. The monoisotopic (exact) mass is 1660 g/mol. The lowest BCUT2D eigenvalue weighted by Gasteiger charge is -2.35. The third-order valence-corrected chi connectivity index (χ3v) is 31.6. The van der Waals surface area contributed by atoms with Crippen LogP contribution in [-0.4, -0.2) is 0 Å². The fraction of sp³-hybridized carbons (Fsp3) is 0.317. The van der Waals surface area contributed by atoms with E-state index in [2.05, 4.69) is 335 Å². The van der Waals surface area contributed by atoms with Crippen molar-refractivity contribution in [2.45, 2.75) is 250 Å². The molecular weight excluding hydrogens is 1540 g/mol. The minimum absolute atomic E-state index is 0.0345. The maximum atomic E-state index is 7.44. The second-order valence-electron chi connectivity index (χ2n) is 40.1. The standard InChI is InChI=1S/C123H121NO3/c1-11-15-19-23-37-68-122(69-38-24-20-16-12-2)97-48-33-27-42-85(97)88-65-60-82(74-101(88)122)81-59-64-87-86-63-58-80(72-98(86)119(5,6)99(87)73-81)78-54-56-79(57-55-78)95-77-103-109(112-93-45-30-35-51-106(93)126-117(95)112)91-67-62-84(76-102(91)123(103,70-39-25-21-17-13-3)71-40-26-22-18-14-4)124(104-49-41-53-108-110(104)92-44-29-34-50-105(92)125-108)83-61-66-90-100(75-83)121(9,10)115-111(90)113-94-46-31-36-52-107(94)127-118(113)114-89-43-28-32-47-96(89)120(7,8)116(114)115/h27-36,41-67,72-77H,11-26,37-40,68-71H2,1-10H3. The van der Waals surface area contributed by atoms with Crippen molar-refractivity contribution in [1.82, 2.24) is 0 Å². The molecule has 0 amide bonds. The summed E-state index contributed by atoms with van der Waals surface area (Å²) in [6.45, 7) is 24.2. The Morgan fingerprint density at radius 2 is 0.614 bits per heavy atom. The van der Waals surface area contributed by atoms with E-state index >= 15 is 0 Å². The first-order chi connectivity index (χ1) is 62.1. The van der Waals surface area contributed by atoms with Crippen LogP contribution >= 0.6 is 0 Å². The van der Waals surface area contributed by atoms with Crippen molar-refractivity contribution in [3.8, 4) is 89.0 Å². The number of fused-ring (bicyclic) bond motifs is 28. The zero-order chi connectivity index (χ0) is 86.2. The third-order valence-electron chi connectivity index (χ3n) is 31.6. The quantitative estimate of drug-likeness (QED) is 0.0421. The van der Waals surface area contributed by atoms with Gasteiger partial charge >= 0.3 is 0 Å². The van der Waals surface area contributed by atoms with Gasteiger partial charge in [-0.1, -0.05) is 380 Å². The molecule has 14 aromatic carbocycles. The molecule has 0 bridgehead atoms. The summed E-state index contributed by atoms with van der Waals surface area (Å²) in [5.41, 5.74) is 42.8. The highest BCUT2D eigenvalue weighted by molar-refractivity contribution is 6.22. The van der Waals surface area contributed by atoms with Gasteiger partial charge in [0.15, 0.2) is 0 Å². The molecule has 17 aromatic rings. The summed E-state index contributed by atoms with van der Waals surface area (Å²) in [5, 5.41) is 7.00. The molecular formula is C123H121NO3. The van der Waals surface area contributed by atoms with Crippen molar-refractivity contribution in [1.29, 1.82) is 0 Å². The van der Waals surface area contributed by atoms with Crippen LogP contribution in [0.25, 0.3) is 155 Å². The maximum absolute atomic E-state index is 7.44. The van der Waals surface area contributed by atoms with Crippen molar-refractivity contribution in [2.24, 2.45) is 0 Å². The number of furan rings is 3. The Balaban J connectivity index is 0.661. The van der Waals surface area contributed by atoms with Crippen LogP contribution in [0.15, 0.2) is 274 Å². The molecule has 0 radical (unpaired) electrons. The number of hydrogen-bond donors (Lipinski definition) is 0. The average Bonchev–Trinajstić information content (AvgIpc) is 1.50. The molecule has 0 atom stereocenters. The van der Waals surface area contributed by atoms with E-state index in [-0.39, 0.29) is 21.7 Å². The third kappa shape index (κ3) is 12.7. The number of nitrogens with zero attached hydrogens (tertiary/aromatic N) is 1. The second kappa shape index (κ2) is 31.9. The van der Waals surface area contributed by atoms with Crippen LogP contribution in [0.5, 0.6) is 0 Å². The number of para-hydroxylation sites is 3. The maximum Gasteiger partial charge on any atom is 0.144 e. The molecule has 636 valence electrons. The van der Waals surface area contributed by atoms with E-state index in [9.17, 15) is 0 Å². The number of benzene rings is 14. The van der Waals surface area contributed by atoms with Gasteiger partial charge in [-0.2, -0.15) is 0 Å². The Bertz CT molecular complexity index is 7170. The number of hydrogen-bond acceptors (Lipinski definition) is 4. The van der Waals surface area contributed by atoms with Crippen LogP contribution < -0.4 is 4.90 Å². The molecule has 0 unspecified atom stereocenters. The molecule has 0 N–H and O–H groups in total. The van der Waals surface area contributed by atoms with Crippen LogP contribution in [-0.2, 0) is 27.1 Å². The summed E-state index contributed by atoms with van der Waals surface area (Å²) in [4.78, 5) is 2.62. The minimum atomic E-state index is -0.413. The van der Waals surface area contributed by atoms with Gasteiger partial charge in [0.2, 0.25) is 0 Å². The predicted octanol–water partition coefficient (Wildman–Crippen LogP) is 36.7. The Kier molecular flexibility index (Phi) is 20.4. The van der Waals surface area contributed by atoms with Gasteiger partial charge in [-0.3, -0.25) is 0 Å². The van der Waals surface area contributed by atoms with Gasteiger partial charge in [0.25, 0.3) is 0 Å². The molecule has 0 fully saturated rings. The molecule has 5 aliphatic carbocycles. The lowest BCUT2D eigenvalue weighted by Crippen LogP contribution is -2.26. The molecule has 127 heavy (non-hydrogen) atoms. The van der Waals surface area contributed by atoms with Gasteiger partial charge in [-0.15, -0.1) is 0 Å². The van der Waals surface area contributed by atoms with Gasteiger partial charge in [-0.05, 0) is 238 Å². The highest BCUT2D eigenvalue weighted by atomic mass is 16.3. The Morgan fingerprint density at radius 3 is 1.19 bits per heavy atom. The first kappa shape index (κ1) is 81.1. The molecule has 0 saturated carbocycles. The van der Waals surface area contributed by atoms with E-state index in [4.69, 9.17) is 13.3 Å². The van der Waals surface area contributed by atoms with Crippen LogP contribution in [0, 0.1) is 0 Å². The average molecular weight is 1660 g/mol. The molecule has 0 spiro atoms. The van der Waals surface area contributed by atoms with E-state index in [1.165, 1.54) is 273 Å². The van der Waals surface area contributed by atoms with Gasteiger partial charge in [0.05, 0.1) is 11.1 Å². The molecule has 0 saturated heterocycles. The van der Waals surface area contributed by atoms with Gasteiger partial charge in [0, 0.05) is 76.5 Å². The fourth-order valence-electron chi connectivity index (χ4n) is 25.3. The van der Waals surface area contributed by atoms with Crippen molar-refractivity contribution in [3.63, 3.8) is 0 Å². The Morgan fingerprint density at radius 1 is 0.236 bits per heavy atom.